The van der Waals surface area contributed by atoms with E-state index in [1.54, 1.807) is 0 Å². The summed E-state index contributed by atoms with van der Waals surface area (Å²) in [5.41, 5.74) is -4.76. The van der Waals surface area contributed by atoms with E-state index in [2.05, 4.69) is 4.99 Å². The van der Waals surface area contributed by atoms with Gasteiger partial charge in [0.25, 0.3) is 5.91 Å². The molecule has 1 heterocycles. The number of carboxylic acid groups (broad SMARTS) is 1. The number of fused-ring (bicyclic) bond motifs is 1. The fourth-order valence-corrected chi connectivity index (χ4v) is 3.93. The van der Waals surface area contributed by atoms with Crippen LogP contribution >= 0.6 is 11.3 Å². The molecule has 2 aromatic carbocycles. The van der Waals surface area contributed by atoms with E-state index in [4.69, 9.17) is 0 Å². The Morgan fingerprint density at radius 2 is 1.45 bits per heavy atom. The van der Waals surface area contributed by atoms with Crippen LogP contribution in [0.2, 0.25) is 0 Å². The highest BCUT2D eigenvalue weighted by atomic mass is 32.1. The Kier molecular flexibility index (Phi) is 6.08. The first-order valence-electron chi connectivity index (χ1n) is 8.71. The fourth-order valence-electron chi connectivity index (χ4n) is 2.83. The minimum Gasteiger partial charge on any atom is -0.480 e. The van der Waals surface area contributed by atoms with E-state index in [1.165, 1.54) is 0 Å². The standard InChI is InChI=1S/C19H10F8N2O3S/c1-7(16(31)32)29-13-5-11(20)12(21)6-14(13)33-17(29)28-15(30)8-2-9(18(22,23)24)4-10(3-8)19(25,26)27/h2-7H,1H3,(H,31,32)/b28-17-. The van der Waals surface area contributed by atoms with Crippen molar-refractivity contribution < 1.29 is 49.8 Å². The SMILES string of the molecule is CC(C(=O)O)n1/c(=N/C(=O)c2cc(C(F)(F)F)cc(C(F)(F)F)c2)sc2cc(F)c(F)cc21. The zero-order valence-electron chi connectivity index (χ0n) is 16.1. The lowest BCUT2D eigenvalue weighted by atomic mass is 10.0. The number of benzene rings is 2. The number of alkyl halides is 6. The van der Waals surface area contributed by atoms with Gasteiger partial charge in [-0.15, -0.1) is 0 Å². The van der Waals surface area contributed by atoms with Gasteiger partial charge in [0, 0.05) is 11.6 Å². The van der Waals surface area contributed by atoms with Crippen molar-refractivity contribution in [3.63, 3.8) is 0 Å². The van der Waals surface area contributed by atoms with E-state index in [0.717, 1.165) is 11.5 Å². The summed E-state index contributed by atoms with van der Waals surface area (Å²) >= 11 is 0.496. The zero-order valence-corrected chi connectivity index (χ0v) is 16.9. The number of carbonyl (C=O) groups excluding carboxylic acids is 1. The molecule has 1 unspecified atom stereocenters. The van der Waals surface area contributed by atoms with Gasteiger partial charge >= 0.3 is 18.3 Å². The molecule has 1 aromatic heterocycles. The Morgan fingerprint density at radius 1 is 0.939 bits per heavy atom. The molecule has 0 aliphatic rings. The third-order valence-corrected chi connectivity index (χ3v) is 5.46. The summed E-state index contributed by atoms with van der Waals surface area (Å²) in [5.74, 6) is -5.68. The topological polar surface area (TPSA) is 71.7 Å². The number of thiazole rings is 1. The molecule has 0 bridgehead atoms. The van der Waals surface area contributed by atoms with Gasteiger partial charge in [-0.25, -0.2) is 13.6 Å². The predicted molar refractivity (Wildman–Crippen MR) is 98.4 cm³/mol. The number of carbonyl (C=O) groups is 2. The lowest BCUT2D eigenvalue weighted by Gasteiger charge is -2.13. The molecular weight excluding hydrogens is 488 g/mol. The highest BCUT2D eigenvalue weighted by Crippen LogP contribution is 2.36. The maximum atomic E-state index is 13.7. The number of amides is 1. The molecule has 3 aromatic rings. The summed E-state index contributed by atoms with van der Waals surface area (Å²) in [6.07, 6.45) is -10.4. The van der Waals surface area contributed by atoms with Gasteiger partial charge in [0.1, 0.15) is 6.04 Å². The van der Waals surface area contributed by atoms with Crippen molar-refractivity contribution in [2.75, 3.05) is 0 Å². The van der Waals surface area contributed by atoms with Crippen LogP contribution < -0.4 is 4.80 Å². The van der Waals surface area contributed by atoms with Crippen LogP contribution in [0.15, 0.2) is 35.3 Å². The molecule has 0 radical (unpaired) electrons. The third-order valence-electron chi connectivity index (χ3n) is 4.45. The molecular formula is C19H10F8N2O3S. The van der Waals surface area contributed by atoms with E-state index in [1.807, 2.05) is 0 Å². The van der Waals surface area contributed by atoms with Crippen molar-refractivity contribution >= 4 is 33.4 Å². The minimum absolute atomic E-state index is 0.0615. The Bertz CT molecular complexity index is 1310. The fraction of sp³-hybridized carbons (Fsp3) is 0.211. The van der Waals surface area contributed by atoms with Crippen molar-refractivity contribution in [3.05, 3.63) is 63.5 Å². The number of halogens is 8. The summed E-state index contributed by atoms with van der Waals surface area (Å²) in [4.78, 5) is 27.0. The molecule has 5 nitrogen and oxygen atoms in total. The number of hydrogen-bond donors (Lipinski definition) is 1. The van der Waals surface area contributed by atoms with Gasteiger partial charge in [-0.1, -0.05) is 11.3 Å². The predicted octanol–water partition coefficient (Wildman–Crippen LogP) is 5.41. The van der Waals surface area contributed by atoms with Crippen molar-refractivity contribution in [3.8, 4) is 0 Å². The van der Waals surface area contributed by atoms with E-state index in [9.17, 15) is 49.8 Å². The zero-order chi connectivity index (χ0) is 24.9. The molecule has 1 atom stereocenters. The first kappa shape index (κ1) is 24.4. The summed E-state index contributed by atoms with van der Waals surface area (Å²) in [7, 11) is 0. The molecule has 176 valence electrons. The van der Waals surface area contributed by atoms with Crippen molar-refractivity contribution in [2.24, 2.45) is 4.99 Å². The third kappa shape index (κ3) is 4.89. The molecule has 14 heteroatoms. The summed E-state index contributed by atoms with van der Waals surface area (Å²) in [6.45, 7) is 1.10. The highest BCUT2D eigenvalue weighted by Gasteiger charge is 2.37. The molecule has 33 heavy (non-hydrogen) atoms. The average Bonchev–Trinajstić information content (AvgIpc) is 3.02. The largest absolute Gasteiger partial charge is 0.480 e. The molecule has 0 fully saturated rings. The number of hydrogen-bond acceptors (Lipinski definition) is 3. The molecule has 0 spiro atoms. The Balaban J connectivity index is 2.27. The van der Waals surface area contributed by atoms with E-state index in [-0.39, 0.29) is 28.4 Å². The van der Waals surface area contributed by atoms with Crippen molar-refractivity contribution in [2.45, 2.75) is 25.3 Å². The van der Waals surface area contributed by atoms with Gasteiger partial charge in [0.15, 0.2) is 16.4 Å². The van der Waals surface area contributed by atoms with E-state index >= 15 is 0 Å². The van der Waals surface area contributed by atoms with Crippen molar-refractivity contribution in [1.29, 1.82) is 0 Å². The smallest absolute Gasteiger partial charge is 0.416 e. The van der Waals surface area contributed by atoms with Crippen molar-refractivity contribution in [1.82, 2.24) is 4.57 Å². The summed E-state index contributed by atoms with van der Waals surface area (Å²) in [6, 6.07) is -0.0137. The highest BCUT2D eigenvalue weighted by molar-refractivity contribution is 7.16. The van der Waals surface area contributed by atoms with Crippen LogP contribution in [0.4, 0.5) is 35.1 Å². The Labute approximate surface area is 182 Å². The maximum Gasteiger partial charge on any atom is 0.416 e. The van der Waals surface area contributed by atoms with Gasteiger partial charge in [-0.2, -0.15) is 31.3 Å². The summed E-state index contributed by atoms with van der Waals surface area (Å²) in [5, 5.41) is 9.30. The molecule has 0 saturated carbocycles. The van der Waals surface area contributed by atoms with Crippen LogP contribution in [0.1, 0.15) is 34.5 Å². The monoisotopic (exact) mass is 498 g/mol. The molecule has 0 aliphatic carbocycles. The van der Waals surface area contributed by atoms with Gasteiger partial charge < -0.3 is 9.67 Å². The second kappa shape index (κ2) is 8.24. The van der Waals surface area contributed by atoms with Gasteiger partial charge in [0.05, 0.1) is 21.3 Å². The summed E-state index contributed by atoms with van der Waals surface area (Å²) < 4.78 is 106. The lowest BCUT2D eigenvalue weighted by molar-refractivity contribution is -0.143. The average molecular weight is 498 g/mol. The van der Waals surface area contributed by atoms with Crippen LogP contribution in [0.3, 0.4) is 0 Å². The molecule has 1 N–H and O–H groups in total. The number of nitrogens with zero attached hydrogens (tertiary/aromatic N) is 2. The molecule has 1 amide bonds. The number of aliphatic carboxylic acids is 1. The van der Waals surface area contributed by atoms with E-state index < -0.39 is 63.4 Å². The number of rotatable bonds is 3. The Hall–Kier alpha value is -3.29. The van der Waals surface area contributed by atoms with Gasteiger partial charge in [-0.05, 0) is 31.2 Å². The van der Waals surface area contributed by atoms with Crippen LogP contribution in [-0.2, 0) is 17.1 Å². The quantitative estimate of drug-likeness (QED) is 0.492. The van der Waals surface area contributed by atoms with Crippen LogP contribution in [-0.4, -0.2) is 21.6 Å². The number of aromatic nitrogens is 1. The second-order valence-corrected chi connectivity index (χ2v) is 7.72. The second-order valence-electron chi connectivity index (χ2n) is 6.71. The molecule has 0 aliphatic heterocycles. The molecule has 0 saturated heterocycles. The lowest BCUT2D eigenvalue weighted by Crippen LogP contribution is -2.25. The van der Waals surface area contributed by atoms with E-state index in [0.29, 0.717) is 23.5 Å². The van der Waals surface area contributed by atoms with Crippen LogP contribution in [0.5, 0.6) is 0 Å². The number of carboxylic acids is 1. The first-order chi connectivity index (χ1) is 15.1. The van der Waals surface area contributed by atoms with Gasteiger partial charge in [0.2, 0.25) is 0 Å². The molecule has 3 rings (SSSR count). The minimum atomic E-state index is -5.21. The Morgan fingerprint density at radius 3 is 1.94 bits per heavy atom. The normalized spacial score (nSPS) is 14.0. The maximum absolute atomic E-state index is 13.7. The van der Waals surface area contributed by atoms with Crippen LogP contribution in [0.25, 0.3) is 10.2 Å². The van der Waals surface area contributed by atoms with Gasteiger partial charge in [-0.3, -0.25) is 4.79 Å². The first-order valence-corrected chi connectivity index (χ1v) is 9.52. The van der Waals surface area contributed by atoms with Crippen LogP contribution in [0, 0.1) is 11.6 Å².